The maximum Gasteiger partial charge on any atom is 0.350 e. The Hall–Kier alpha value is -0.240. The summed E-state index contributed by atoms with van der Waals surface area (Å²) < 4.78 is 4.62. The number of amides is 2. The summed E-state index contributed by atoms with van der Waals surface area (Å²) in [6, 6.07) is 4.69. The number of benzene rings is 1. The summed E-state index contributed by atoms with van der Waals surface area (Å²) in [5.74, 6) is 0.528. The zero-order chi connectivity index (χ0) is 15.8. The average molecular weight is 391 g/mol. The number of nitrogens with one attached hydrogen (secondary N) is 1. The highest BCUT2D eigenvalue weighted by molar-refractivity contribution is 8.03. The van der Waals surface area contributed by atoms with E-state index in [0.717, 1.165) is 11.9 Å². The Balaban J connectivity index is 2.24. The van der Waals surface area contributed by atoms with Crippen LogP contribution in [-0.4, -0.2) is 26.8 Å². The molecule has 1 aromatic rings. The molecule has 0 saturated carbocycles. The maximum absolute atomic E-state index is 12.4. The Kier molecular flexibility index (Phi) is 5.28. The normalized spacial score (nSPS) is 19.3. The number of hydrogen-bond donors (Lipinski definition) is 1. The van der Waals surface area contributed by atoms with Gasteiger partial charge in [0.25, 0.3) is 3.12 Å². The van der Waals surface area contributed by atoms with Crippen LogP contribution in [0.4, 0.5) is 10.5 Å². The molecule has 0 spiro atoms. The molecule has 1 aromatic carbocycles. The molecule has 1 fully saturated rings. The number of urea groups is 1. The molecule has 1 saturated heterocycles. The number of anilines is 1. The lowest BCUT2D eigenvalue weighted by Gasteiger charge is -2.20. The van der Waals surface area contributed by atoms with Gasteiger partial charge >= 0.3 is 6.03 Å². The predicted molar refractivity (Wildman–Crippen MR) is 88.2 cm³/mol. The first kappa shape index (κ1) is 17.1. The van der Waals surface area contributed by atoms with Gasteiger partial charge in [-0.25, -0.2) is 4.79 Å². The quantitative estimate of drug-likeness (QED) is 0.612. The van der Waals surface area contributed by atoms with E-state index < -0.39 is 3.12 Å². The van der Waals surface area contributed by atoms with E-state index in [1.807, 2.05) is 0 Å². The third-order valence-corrected chi connectivity index (χ3v) is 4.25. The summed E-state index contributed by atoms with van der Waals surface area (Å²) in [4.78, 5) is 13.9. The Morgan fingerprint density at radius 1 is 1.38 bits per heavy atom. The Morgan fingerprint density at radius 3 is 2.57 bits per heavy atom. The van der Waals surface area contributed by atoms with Gasteiger partial charge in [0.2, 0.25) is 0 Å². The van der Waals surface area contributed by atoms with E-state index in [1.54, 1.807) is 25.1 Å². The second kappa shape index (κ2) is 6.48. The maximum atomic E-state index is 12.4. The van der Waals surface area contributed by atoms with Crippen LogP contribution >= 0.6 is 58.4 Å². The lowest BCUT2D eigenvalue weighted by Crippen LogP contribution is -2.34. The SMILES string of the molecule is COc1ccc(N2C(=O)N(SC(Cl)(Cl)Cl)NC2C)cc1Cl. The van der Waals surface area contributed by atoms with Crippen LogP contribution in [0.1, 0.15) is 6.92 Å². The van der Waals surface area contributed by atoms with Gasteiger partial charge in [-0.3, -0.25) is 4.90 Å². The van der Waals surface area contributed by atoms with Crippen LogP contribution in [0, 0.1) is 0 Å². The van der Waals surface area contributed by atoms with Gasteiger partial charge in [-0.05, 0) is 25.1 Å². The number of halogens is 4. The van der Waals surface area contributed by atoms with E-state index in [9.17, 15) is 4.79 Å². The van der Waals surface area contributed by atoms with Crippen LogP contribution in [-0.2, 0) is 0 Å². The first-order valence-corrected chi connectivity index (χ1v) is 8.00. The second-order valence-electron chi connectivity index (χ2n) is 4.11. The first-order chi connectivity index (χ1) is 9.73. The summed E-state index contributed by atoms with van der Waals surface area (Å²) in [5.41, 5.74) is 3.51. The number of hydrogen-bond acceptors (Lipinski definition) is 4. The lowest BCUT2D eigenvalue weighted by atomic mass is 10.2. The van der Waals surface area contributed by atoms with Crippen molar-refractivity contribution in [1.82, 2.24) is 9.84 Å². The molecule has 2 amide bonds. The van der Waals surface area contributed by atoms with E-state index >= 15 is 0 Å². The number of ether oxygens (including phenoxy) is 1. The average Bonchev–Trinajstić information content (AvgIpc) is 2.62. The van der Waals surface area contributed by atoms with Gasteiger partial charge in [-0.1, -0.05) is 46.4 Å². The number of carbonyl (C=O) groups excluding carboxylic acids is 1. The standard InChI is InChI=1S/C11H11Cl4N3O2S/c1-6-16-18(21-11(13,14)15)10(19)17(6)7-3-4-9(20-2)8(12)5-7/h3-6,16H,1-2H3. The molecule has 0 radical (unpaired) electrons. The zero-order valence-electron chi connectivity index (χ0n) is 10.9. The predicted octanol–water partition coefficient (Wildman–Crippen LogP) is 4.42. The molecule has 0 aliphatic carbocycles. The first-order valence-electron chi connectivity index (χ1n) is 5.72. The molecular formula is C11H11Cl4N3O2S. The van der Waals surface area contributed by atoms with Gasteiger partial charge < -0.3 is 4.74 Å². The summed E-state index contributed by atoms with van der Waals surface area (Å²) in [6.45, 7) is 1.80. The van der Waals surface area contributed by atoms with Crippen molar-refractivity contribution in [2.24, 2.45) is 0 Å². The van der Waals surface area contributed by atoms with Crippen LogP contribution in [0.2, 0.25) is 5.02 Å². The number of nitrogens with zero attached hydrogens (tertiary/aromatic N) is 2. The van der Waals surface area contributed by atoms with Crippen LogP contribution in [0.3, 0.4) is 0 Å². The highest BCUT2D eigenvalue weighted by Crippen LogP contribution is 2.42. The summed E-state index contributed by atoms with van der Waals surface area (Å²) >= 11 is 23.9. The third kappa shape index (κ3) is 3.94. The molecule has 1 aliphatic rings. The van der Waals surface area contributed by atoms with Gasteiger partial charge in [0.05, 0.1) is 12.1 Å². The summed E-state index contributed by atoms with van der Waals surface area (Å²) in [7, 11) is 1.52. The van der Waals surface area contributed by atoms with Crippen molar-refractivity contribution in [1.29, 1.82) is 0 Å². The molecule has 0 bridgehead atoms. The minimum Gasteiger partial charge on any atom is -0.495 e. The zero-order valence-corrected chi connectivity index (χ0v) is 14.8. The molecule has 10 heteroatoms. The Bertz CT molecular complexity index is 555. The minimum atomic E-state index is -1.64. The van der Waals surface area contributed by atoms with E-state index in [1.165, 1.54) is 16.4 Å². The van der Waals surface area contributed by atoms with Crippen LogP contribution in [0.15, 0.2) is 18.2 Å². The molecular weight excluding hydrogens is 380 g/mol. The van der Waals surface area contributed by atoms with Gasteiger partial charge in [0.1, 0.15) is 11.9 Å². The summed E-state index contributed by atoms with van der Waals surface area (Å²) in [5, 5.41) is 0.405. The molecule has 5 nitrogen and oxygen atoms in total. The van der Waals surface area contributed by atoms with Crippen molar-refractivity contribution in [2.45, 2.75) is 16.2 Å². The van der Waals surface area contributed by atoms with E-state index in [2.05, 4.69) is 5.43 Å². The lowest BCUT2D eigenvalue weighted by molar-refractivity contribution is 0.236. The highest BCUT2D eigenvalue weighted by atomic mass is 35.6. The fourth-order valence-electron chi connectivity index (χ4n) is 1.85. The number of alkyl halides is 3. The Morgan fingerprint density at radius 2 is 2.05 bits per heavy atom. The van der Waals surface area contributed by atoms with Crippen LogP contribution < -0.4 is 15.1 Å². The fraction of sp³-hybridized carbons (Fsp3) is 0.364. The smallest absolute Gasteiger partial charge is 0.350 e. The largest absolute Gasteiger partial charge is 0.495 e. The van der Waals surface area contributed by atoms with Crippen LogP contribution in [0.5, 0.6) is 5.75 Å². The molecule has 1 heterocycles. The van der Waals surface area contributed by atoms with Crippen molar-refractivity contribution in [3.8, 4) is 5.75 Å². The van der Waals surface area contributed by atoms with Crippen molar-refractivity contribution in [2.75, 3.05) is 12.0 Å². The van der Waals surface area contributed by atoms with Gasteiger partial charge in [0.15, 0.2) is 0 Å². The van der Waals surface area contributed by atoms with Crippen molar-refractivity contribution >= 4 is 70.1 Å². The van der Waals surface area contributed by atoms with Gasteiger partial charge in [0, 0.05) is 17.6 Å². The van der Waals surface area contributed by atoms with Crippen molar-refractivity contribution in [3.05, 3.63) is 23.2 Å². The van der Waals surface area contributed by atoms with Crippen molar-refractivity contribution < 1.29 is 9.53 Å². The molecule has 116 valence electrons. The molecule has 1 unspecified atom stereocenters. The van der Waals surface area contributed by atoms with Gasteiger partial charge in [-0.15, -0.1) is 0 Å². The summed E-state index contributed by atoms with van der Waals surface area (Å²) in [6.07, 6.45) is -0.318. The number of rotatable bonds is 3. The molecule has 0 aromatic heterocycles. The van der Waals surface area contributed by atoms with Gasteiger partial charge in [-0.2, -0.15) is 9.84 Å². The van der Waals surface area contributed by atoms with E-state index in [-0.39, 0.29) is 12.2 Å². The number of methoxy groups -OCH3 is 1. The third-order valence-electron chi connectivity index (χ3n) is 2.68. The van der Waals surface area contributed by atoms with Crippen LogP contribution in [0.25, 0.3) is 0 Å². The number of carbonyl (C=O) groups is 1. The fourth-order valence-corrected chi connectivity index (χ4v) is 3.31. The molecule has 2 rings (SSSR count). The van der Waals surface area contributed by atoms with E-state index in [0.29, 0.717) is 16.5 Å². The van der Waals surface area contributed by atoms with E-state index in [4.69, 9.17) is 51.1 Å². The monoisotopic (exact) mass is 389 g/mol. The van der Waals surface area contributed by atoms with Crippen molar-refractivity contribution in [3.63, 3.8) is 0 Å². The molecule has 1 atom stereocenters. The Labute approximate surface area is 146 Å². The minimum absolute atomic E-state index is 0.318. The second-order valence-corrected chi connectivity index (χ2v) is 8.63. The topological polar surface area (TPSA) is 44.8 Å². The molecule has 21 heavy (non-hydrogen) atoms. The highest BCUT2D eigenvalue weighted by Gasteiger charge is 2.40. The molecule has 1 aliphatic heterocycles. The molecule has 1 N–H and O–H groups in total. The number of hydrazine groups is 1.